The number of hydrogen-bond donors (Lipinski definition) is 0. The Morgan fingerprint density at radius 3 is 2.73 bits per heavy atom. The molecule has 0 spiro atoms. The molecule has 118 valence electrons. The topological polar surface area (TPSA) is 46.3 Å². The first-order chi connectivity index (χ1) is 10.3. The van der Waals surface area contributed by atoms with E-state index in [2.05, 4.69) is 5.16 Å². The molecule has 0 aliphatic heterocycles. The number of benzene rings is 1. The van der Waals surface area contributed by atoms with E-state index in [1.807, 2.05) is 13.8 Å². The molecule has 1 heterocycles. The number of amides is 1. The minimum absolute atomic E-state index is 0.0855. The zero-order chi connectivity index (χ0) is 16.4. The maximum atomic E-state index is 14.1. The van der Waals surface area contributed by atoms with Crippen molar-refractivity contribution in [3.63, 3.8) is 0 Å². The largest absolute Gasteiger partial charge is 0.360 e. The number of carbonyl (C=O) groups is 1. The quantitative estimate of drug-likeness (QED) is 0.848. The van der Waals surface area contributed by atoms with Crippen LogP contribution in [0.3, 0.4) is 0 Å². The smallest absolute Gasteiger partial charge is 0.259 e. The molecule has 0 aliphatic rings. The molecule has 0 saturated carbocycles. The Balaban J connectivity index is 2.51. The van der Waals surface area contributed by atoms with Crippen LogP contribution in [0.2, 0.25) is 5.02 Å². The second-order valence-corrected chi connectivity index (χ2v) is 6.05. The third kappa shape index (κ3) is 3.14. The lowest BCUT2D eigenvalue weighted by molar-refractivity contribution is 0.0778. The van der Waals surface area contributed by atoms with Crippen LogP contribution >= 0.6 is 11.6 Å². The summed E-state index contributed by atoms with van der Waals surface area (Å²) in [7, 11) is 1.70. The Hall–Kier alpha value is -1.88. The SMILES string of the molecule is Cc1onc(-c2c(F)cccc2Cl)c1C(=O)N(C)CC(C)C. The molecular formula is C16H18ClFN2O2. The fourth-order valence-corrected chi connectivity index (χ4v) is 2.59. The van der Waals surface area contributed by atoms with Crippen molar-refractivity contribution in [1.29, 1.82) is 0 Å². The predicted octanol–water partition coefficient (Wildman–Crippen LogP) is 4.17. The lowest BCUT2D eigenvalue weighted by Crippen LogP contribution is -2.30. The zero-order valence-corrected chi connectivity index (χ0v) is 13.7. The Labute approximate surface area is 133 Å². The van der Waals surface area contributed by atoms with E-state index in [1.54, 1.807) is 24.9 Å². The Kier molecular flexibility index (Phi) is 4.86. The summed E-state index contributed by atoms with van der Waals surface area (Å²) in [5.74, 6) is -0.146. The Morgan fingerprint density at radius 2 is 2.14 bits per heavy atom. The average Bonchev–Trinajstić information content (AvgIpc) is 2.78. The van der Waals surface area contributed by atoms with Crippen LogP contribution in [0.5, 0.6) is 0 Å². The third-order valence-corrected chi connectivity index (χ3v) is 3.58. The molecule has 22 heavy (non-hydrogen) atoms. The first-order valence-electron chi connectivity index (χ1n) is 6.99. The third-order valence-electron chi connectivity index (χ3n) is 3.26. The van der Waals surface area contributed by atoms with Gasteiger partial charge in [0, 0.05) is 13.6 Å². The number of halogens is 2. The van der Waals surface area contributed by atoms with Gasteiger partial charge in [-0.05, 0) is 25.0 Å². The van der Waals surface area contributed by atoms with Gasteiger partial charge >= 0.3 is 0 Å². The monoisotopic (exact) mass is 324 g/mol. The molecule has 0 aliphatic carbocycles. The highest BCUT2D eigenvalue weighted by Gasteiger charge is 2.27. The van der Waals surface area contributed by atoms with Gasteiger partial charge in [-0.2, -0.15) is 0 Å². The summed E-state index contributed by atoms with van der Waals surface area (Å²) in [6, 6.07) is 4.33. The summed E-state index contributed by atoms with van der Waals surface area (Å²) in [4.78, 5) is 14.2. The first-order valence-corrected chi connectivity index (χ1v) is 7.36. The van der Waals surface area contributed by atoms with Crippen molar-refractivity contribution in [2.75, 3.05) is 13.6 Å². The lowest BCUT2D eigenvalue weighted by Gasteiger charge is -2.19. The van der Waals surface area contributed by atoms with Gasteiger partial charge in [-0.3, -0.25) is 4.79 Å². The van der Waals surface area contributed by atoms with Crippen LogP contribution in [0.4, 0.5) is 4.39 Å². The van der Waals surface area contributed by atoms with Gasteiger partial charge in [0.1, 0.15) is 22.8 Å². The second kappa shape index (κ2) is 6.48. The van der Waals surface area contributed by atoms with E-state index < -0.39 is 5.82 Å². The Morgan fingerprint density at radius 1 is 1.45 bits per heavy atom. The molecule has 4 nitrogen and oxygen atoms in total. The van der Waals surface area contributed by atoms with Gasteiger partial charge in [-0.15, -0.1) is 0 Å². The molecule has 1 aromatic heterocycles. The van der Waals surface area contributed by atoms with Gasteiger partial charge in [-0.25, -0.2) is 4.39 Å². The minimum atomic E-state index is -0.540. The van der Waals surface area contributed by atoms with Crippen molar-refractivity contribution < 1.29 is 13.7 Å². The number of rotatable bonds is 4. The molecule has 0 saturated heterocycles. The van der Waals surface area contributed by atoms with Crippen LogP contribution in [-0.4, -0.2) is 29.6 Å². The van der Waals surface area contributed by atoms with Gasteiger partial charge in [-0.1, -0.05) is 36.7 Å². The van der Waals surface area contributed by atoms with Crippen molar-refractivity contribution in [1.82, 2.24) is 10.1 Å². The summed E-state index contributed by atoms with van der Waals surface area (Å²) >= 11 is 6.07. The molecule has 1 amide bonds. The molecule has 2 aromatic rings. The second-order valence-electron chi connectivity index (χ2n) is 5.64. The first kappa shape index (κ1) is 16.5. The van der Waals surface area contributed by atoms with Crippen LogP contribution < -0.4 is 0 Å². The van der Waals surface area contributed by atoms with E-state index in [1.165, 1.54) is 12.1 Å². The fraction of sp³-hybridized carbons (Fsp3) is 0.375. The fourth-order valence-electron chi connectivity index (χ4n) is 2.34. The summed E-state index contributed by atoms with van der Waals surface area (Å²) in [5.41, 5.74) is 0.471. The number of nitrogens with zero attached hydrogens (tertiary/aromatic N) is 2. The highest BCUT2D eigenvalue weighted by Crippen LogP contribution is 2.33. The number of aryl methyl sites for hydroxylation is 1. The maximum Gasteiger partial charge on any atom is 0.259 e. The van der Waals surface area contributed by atoms with Crippen LogP contribution in [-0.2, 0) is 0 Å². The number of aromatic nitrogens is 1. The van der Waals surface area contributed by atoms with Crippen molar-refractivity contribution in [3.05, 3.63) is 40.4 Å². The van der Waals surface area contributed by atoms with Gasteiger partial charge in [0.15, 0.2) is 0 Å². The van der Waals surface area contributed by atoms with E-state index in [-0.39, 0.29) is 27.8 Å². The molecule has 2 rings (SSSR count). The van der Waals surface area contributed by atoms with Crippen LogP contribution in [0, 0.1) is 18.7 Å². The summed E-state index contributed by atoms with van der Waals surface area (Å²) in [5, 5.41) is 4.03. The molecule has 0 radical (unpaired) electrons. The molecular weight excluding hydrogens is 307 g/mol. The predicted molar refractivity (Wildman–Crippen MR) is 83.4 cm³/mol. The van der Waals surface area contributed by atoms with Crippen molar-refractivity contribution >= 4 is 17.5 Å². The van der Waals surface area contributed by atoms with Crippen LogP contribution in [0.1, 0.15) is 30.0 Å². The van der Waals surface area contributed by atoms with E-state index in [9.17, 15) is 9.18 Å². The Bertz CT molecular complexity index is 677. The molecule has 1 aromatic carbocycles. The maximum absolute atomic E-state index is 14.1. The summed E-state index contributed by atoms with van der Waals surface area (Å²) < 4.78 is 19.2. The molecule has 0 atom stereocenters. The molecule has 0 fully saturated rings. The lowest BCUT2D eigenvalue weighted by atomic mass is 10.0. The van der Waals surface area contributed by atoms with E-state index in [0.29, 0.717) is 18.2 Å². The van der Waals surface area contributed by atoms with Gasteiger partial charge in [0.2, 0.25) is 0 Å². The number of carbonyl (C=O) groups excluding carboxylic acids is 1. The zero-order valence-electron chi connectivity index (χ0n) is 13.0. The van der Waals surface area contributed by atoms with E-state index in [0.717, 1.165) is 0 Å². The molecule has 0 bridgehead atoms. The van der Waals surface area contributed by atoms with Crippen LogP contribution in [0.15, 0.2) is 22.7 Å². The van der Waals surface area contributed by atoms with Gasteiger partial charge < -0.3 is 9.42 Å². The molecule has 0 unspecified atom stereocenters. The van der Waals surface area contributed by atoms with Crippen molar-refractivity contribution in [2.24, 2.45) is 5.92 Å². The minimum Gasteiger partial charge on any atom is -0.360 e. The highest BCUT2D eigenvalue weighted by atomic mass is 35.5. The summed E-state index contributed by atoms with van der Waals surface area (Å²) in [6.07, 6.45) is 0. The molecule has 0 N–H and O–H groups in total. The average molecular weight is 325 g/mol. The summed E-state index contributed by atoms with van der Waals surface area (Å²) in [6.45, 7) is 6.23. The van der Waals surface area contributed by atoms with E-state index in [4.69, 9.17) is 16.1 Å². The van der Waals surface area contributed by atoms with E-state index >= 15 is 0 Å². The van der Waals surface area contributed by atoms with Crippen molar-refractivity contribution in [3.8, 4) is 11.3 Å². The standard InChI is InChI=1S/C16H18ClFN2O2/c1-9(2)8-20(4)16(21)13-10(3)22-19-15(13)14-11(17)6-5-7-12(14)18/h5-7,9H,8H2,1-4H3. The number of hydrogen-bond acceptors (Lipinski definition) is 3. The highest BCUT2D eigenvalue weighted by molar-refractivity contribution is 6.33. The van der Waals surface area contributed by atoms with Gasteiger partial charge in [0.25, 0.3) is 5.91 Å². The van der Waals surface area contributed by atoms with Crippen LogP contribution in [0.25, 0.3) is 11.3 Å². The van der Waals surface area contributed by atoms with Crippen molar-refractivity contribution in [2.45, 2.75) is 20.8 Å². The van der Waals surface area contributed by atoms with Gasteiger partial charge in [0.05, 0.1) is 10.6 Å². The molecule has 6 heteroatoms. The normalized spacial score (nSPS) is 11.0.